The van der Waals surface area contributed by atoms with Gasteiger partial charge in [-0.1, -0.05) is 35.2 Å². The molecule has 1 amide bonds. The molecule has 8 nitrogen and oxygen atoms in total. The van der Waals surface area contributed by atoms with Gasteiger partial charge in [-0.15, -0.1) is 10.2 Å². The zero-order valence-electron chi connectivity index (χ0n) is 10.9. The molecular formula is C11H11N5O3S2. The van der Waals surface area contributed by atoms with Crippen LogP contribution in [0.1, 0.15) is 5.56 Å². The van der Waals surface area contributed by atoms with Crippen LogP contribution in [0.3, 0.4) is 0 Å². The van der Waals surface area contributed by atoms with Crippen molar-refractivity contribution in [3.63, 3.8) is 0 Å². The lowest BCUT2D eigenvalue weighted by Gasteiger charge is -2.08. The lowest BCUT2D eigenvalue weighted by Crippen LogP contribution is -2.16. The third-order valence-electron chi connectivity index (χ3n) is 2.46. The number of hydrogen-bond acceptors (Lipinski definition) is 8. The van der Waals surface area contributed by atoms with Gasteiger partial charge in [0.1, 0.15) is 5.69 Å². The molecule has 21 heavy (non-hydrogen) atoms. The number of para-hydroxylation sites is 1. The number of nitro groups is 1. The summed E-state index contributed by atoms with van der Waals surface area (Å²) in [5.41, 5.74) is 6.15. The van der Waals surface area contributed by atoms with Crippen molar-refractivity contribution in [3.8, 4) is 0 Å². The third kappa shape index (κ3) is 3.89. The number of nitrogens with two attached hydrogens (primary N) is 1. The van der Waals surface area contributed by atoms with E-state index in [1.807, 2.05) is 0 Å². The van der Waals surface area contributed by atoms with E-state index in [9.17, 15) is 14.9 Å². The standard InChI is InChI=1S/C11H11N5O3S2/c1-6-3-2-4-7(16(18)19)9(6)13-8(17)5-20-11-15-14-10(12)21-11/h2-4H,5H2,1H3,(H2,12,14)(H,13,17). The zero-order valence-corrected chi connectivity index (χ0v) is 12.5. The number of rotatable bonds is 5. The molecule has 0 aliphatic heterocycles. The summed E-state index contributed by atoms with van der Waals surface area (Å²) in [6.07, 6.45) is 0. The number of nitrogen functional groups attached to an aromatic ring is 1. The number of carbonyl (C=O) groups excluding carboxylic acids is 1. The number of nitrogens with zero attached hydrogens (tertiary/aromatic N) is 3. The molecule has 1 aromatic carbocycles. The highest BCUT2D eigenvalue weighted by molar-refractivity contribution is 8.01. The highest BCUT2D eigenvalue weighted by Crippen LogP contribution is 2.28. The summed E-state index contributed by atoms with van der Waals surface area (Å²) in [4.78, 5) is 22.3. The second kappa shape index (κ2) is 6.50. The Labute approximate surface area is 127 Å². The minimum Gasteiger partial charge on any atom is -0.374 e. The predicted octanol–water partition coefficient (Wildman–Crippen LogP) is 2.07. The summed E-state index contributed by atoms with van der Waals surface area (Å²) in [5, 5.41) is 21.3. The summed E-state index contributed by atoms with van der Waals surface area (Å²) in [5.74, 6) is -0.286. The summed E-state index contributed by atoms with van der Waals surface area (Å²) < 4.78 is 0.571. The van der Waals surface area contributed by atoms with E-state index in [0.717, 1.165) is 0 Å². The van der Waals surface area contributed by atoms with Crippen LogP contribution in [0.15, 0.2) is 22.5 Å². The molecule has 0 bridgehead atoms. The largest absolute Gasteiger partial charge is 0.374 e. The van der Waals surface area contributed by atoms with E-state index in [1.165, 1.54) is 29.2 Å². The maximum Gasteiger partial charge on any atom is 0.293 e. The normalized spacial score (nSPS) is 10.3. The Balaban J connectivity index is 2.04. The van der Waals surface area contributed by atoms with Gasteiger partial charge >= 0.3 is 0 Å². The van der Waals surface area contributed by atoms with Crippen molar-refractivity contribution >= 4 is 45.5 Å². The van der Waals surface area contributed by atoms with E-state index >= 15 is 0 Å². The van der Waals surface area contributed by atoms with Crippen LogP contribution in [0, 0.1) is 17.0 Å². The van der Waals surface area contributed by atoms with Crippen LogP contribution in [0.2, 0.25) is 0 Å². The number of aromatic nitrogens is 2. The van der Waals surface area contributed by atoms with Gasteiger partial charge in [-0.05, 0) is 12.5 Å². The van der Waals surface area contributed by atoms with E-state index in [0.29, 0.717) is 15.0 Å². The number of amides is 1. The van der Waals surface area contributed by atoms with Gasteiger partial charge in [0.2, 0.25) is 11.0 Å². The molecule has 0 fully saturated rings. The van der Waals surface area contributed by atoms with Crippen LogP contribution >= 0.6 is 23.1 Å². The Morgan fingerprint density at radius 1 is 1.52 bits per heavy atom. The first-order valence-corrected chi connectivity index (χ1v) is 7.53. The van der Waals surface area contributed by atoms with E-state index < -0.39 is 4.92 Å². The molecule has 0 unspecified atom stereocenters. The molecule has 10 heteroatoms. The lowest BCUT2D eigenvalue weighted by atomic mass is 10.1. The van der Waals surface area contributed by atoms with Crippen molar-refractivity contribution in [2.45, 2.75) is 11.3 Å². The number of nitro benzene ring substituents is 1. The molecule has 110 valence electrons. The Hall–Kier alpha value is -2.20. The highest BCUT2D eigenvalue weighted by atomic mass is 32.2. The van der Waals surface area contributed by atoms with Crippen LogP contribution in [0.25, 0.3) is 0 Å². The van der Waals surface area contributed by atoms with Crippen LogP contribution < -0.4 is 11.1 Å². The molecule has 0 spiro atoms. The molecular weight excluding hydrogens is 314 g/mol. The average molecular weight is 325 g/mol. The molecule has 0 aliphatic rings. The van der Waals surface area contributed by atoms with Crippen molar-refractivity contribution in [1.29, 1.82) is 0 Å². The van der Waals surface area contributed by atoms with Crippen molar-refractivity contribution in [1.82, 2.24) is 10.2 Å². The Kier molecular flexibility index (Phi) is 4.70. The molecule has 3 N–H and O–H groups in total. The molecule has 0 atom stereocenters. The third-order valence-corrected chi connectivity index (χ3v) is 4.35. The van der Waals surface area contributed by atoms with Gasteiger partial charge in [0.15, 0.2) is 4.34 Å². The van der Waals surface area contributed by atoms with Crippen LogP contribution in [0.4, 0.5) is 16.5 Å². The summed E-state index contributed by atoms with van der Waals surface area (Å²) in [6.45, 7) is 1.70. The molecule has 1 aromatic heterocycles. The fraction of sp³-hybridized carbons (Fsp3) is 0.182. The first-order chi connectivity index (χ1) is 9.97. The minimum absolute atomic E-state index is 0.0696. The van der Waals surface area contributed by atoms with Gasteiger partial charge in [-0.2, -0.15) is 0 Å². The first-order valence-electron chi connectivity index (χ1n) is 5.73. The van der Waals surface area contributed by atoms with Crippen molar-refractivity contribution in [3.05, 3.63) is 33.9 Å². The quantitative estimate of drug-likeness (QED) is 0.490. The van der Waals surface area contributed by atoms with Crippen LogP contribution in [-0.2, 0) is 4.79 Å². The minimum atomic E-state index is -0.527. The van der Waals surface area contributed by atoms with Gasteiger partial charge < -0.3 is 11.1 Å². The topological polar surface area (TPSA) is 124 Å². The zero-order chi connectivity index (χ0) is 15.4. The monoisotopic (exact) mass is 325 g/mol. The Bertz CT molecular complexity index is 688. The molecule has 0 saturated heterocycles. The number of benzene rings is 1. The lowest BCUT2D eigenvalue weighted by molar-refractivity contribution is -0.384. The van der Waals surface area contributed by atoms with E-state index in [4.69, 9.17) is 5.73 Å². The van der Waals surface area contributed by atoms with Gasteiger partial charge in [-0.25, -0.2) is 0 Å². The molecule has 0 aliphatic carbocycles. The predicted molar refractivity (Wildman–Crippen MR) is 81.5 cm³/mol. The van der Waals surface area contributed by atoms with Crippen molar-refractivity contribution in [2.24, 2.45) is 0 Å². The van der Waals surface area contributed by atoms with E-state index in [2.05, 4.69) is 15.5 Å². The molecule has 0 saturated carbocycles. The second-order valence-electron chi connectivity index (χ2n) is 3.97. The van der Waals surface area contributed by atoms with E-state index in [-0.39, 0.29) is 23.0 Å². The number of anilines is 2. The van der Waals surface area contributed by atoms with Gasteiger partial charge in [0.25, 0.3) is 5.69 Å². The SMILES string of the molecule is Cc1cccc([N+](=O)[O-])c1NC(=O)CSc1nnc(N)s1. The highest BCUT2D eigenvalue weighted by Gasteiger charge is 2.18. The molecule has 1 heterocycles. The number of nitrogens with one attached hydrogen (secondary N) is 1. The summed E-state index contributed by atoms with van der Waals surface area (Å²) in [7, 11) is 0. The van der Waals surface area contributed by atoms with Crippen LogP contribution in [-0.4, -0.2) is 26.8 Å². The maximum absolute atomic E-state index is 11.9. The number of aryl methyl sites for hydroxylation is 1. The van der Waals surface area contributed by atoms with Crippen LogP contribution in [0.5, 0.6) is 0 Å². The van der Waals surface area contributed by atoms with Crippen molar-refractivity contribution in [2.75, 3.05) is 16.8 Å². The second-order valence-corrected chi connectivity index (χ2v) is 6.20. The number of thioether (sulfide) groups is 1. The number of carbonyl (C=O) groups is 1. The van der Waals surface area contributed by atoms with Gasteiger partial charge in [0, 0.05) is 6.07 Å². The summed E-state index contributed by atoms with van der Waals surface area (Å²) >= 11 is 2.35. The Morgan fingerprint density at radius 3 is 2.90 bits per heavy atom. The van der Waals surface area contributed by atoms with E-state index in [1.54, 1.807) is 19.1 Å². The average Bonchev–Trinajstić information content (AvgIpc) is 2.84. The molecule has 2 rings (SSSR count). The fourth-order valence-electron chi connectivity index (χ4n) is 1.55. The fourth-order valence-corrected chi connectivity index (χ4v) is 2.98. The molecule has 2 aromatic rings. The molecule has 0 radical (unpaired) electrons. The number of hydrogen-bond donors (Lipinski definition) is 2. The first kappa shape index (κ1) is 15.2. The van der Waals surface area contributed by atoms with Gasteiger partial charge in [-0.3, -0.25) is 14.9 Å². The summed E-state index contributed by atoms with van der Waals surface area (Å²) in [6, 6.07) is 4.62. The van der Waals surface area contributed by atoms with Gasteiger partial charge in [0.05, 0.1) is 10.7 Å². The maximum atomic E-state index is 11.9. The Morgan fingerprint density at radius 2 is 2.29 bits per heavy atom. The van der Waals surface area contributed by atoms with Crippen molar-refractivity contribution < 1.29 is 9.72 Å². The smallest absolute Gasteiger partial charge is 0.293 e.